The summed E-state index contributed by atoms with van der Waals surface area (Å²) in [4.78, 5) is 4.62. The molecule has 4 aliphatic rings. The van der Waals surface area contributed by atoms with Crippen LogP contribution in [0.1, 0.15) is 55.3 Å². The van der Waals surface area contributed by atoms with E-state index in [-0.39, 0.29) is 10.8 Å². The molecule has 144 valence electrons. The van der Waals surface area contributed by atoms with Gasteiger partial charge in [0.1, 0.15) is 0 Å². The first-order chi connectivity index (χ1) is 13.5. The summed E-state index contributed by atoms with van der Waals surface area (Å²) >= 11 is 6.19. The van der Waals surface area contributed by atoms with Gasteiger partial charge in [-0.1, -0.05) is 23.7 Å². The summed E-state index contributed by atoms with van der Waals surface area (Å²) in [6.45, 7) is 2.06. The second kappa shape index (κ2) is 5.44. The van der Waals surface area contributed by atoms with Crippen molar-refractivity contribution in [3.8, 4) is 0 Å². The fraction of sp³-hybridized carbons (Fsp3) is 0.524. The van der Waals surface area contributed by atoms with Gasteiger partial charge in [-0.3, -0.25) is 0 Å². The Morgan fingerprint density at radius 3 is 2.46 bits per heavy atom. The molecule has 3 aromatic rings. The molecule has 2 N–H and O–H groups in total. The van der Waals surface area contributed by atoms with E-state index in [1.54, 1.807) is 4.52 Å². The Morgan fingerprint density at radius 1 is 1.07 bits per heavy atom. The third kappa shape index (κ3) is 2.15. The number of halogens is 1. The van der Waals surface area contributed by atoms with Gasteiger partial charge < -0.3 is 5.73 Å². The van der Waals surface area contributed by atoms with Crippen molar-refractivity contribution in [1.29, 1.82) is 0 Å². The third-order valence-electron chi connectivity index (χ3n) is 7.60. The Labute approximate surface area is 168 Å². The molecule has 0 spiro atoms. The van der Waals surface area contributed by atoms with E-state index in [0.717, 1.165) is 34.6 Å². The predicted octanol–water partition coefficient (Wildman–Crippen LogP) is 3.85. The maximum Gasteiger partial charge on any atom is 0.225 e. The normalized spacial score (nSPS) is 33.6. The molecule has 2 unspecified atom stereocenters. The van der Waals surface area contributed by atoms with Crippen molar-refractivity contribution in [2.45, 2.75) is 56.3 Å². The minimum Gasteiger partial charge on any atom is -0.368 e. The van der Waals surface area contributed by atoms with Gasteiger partial charge >= 0.3 is 0 Å². The summed E-state index contributed by atoms with van der Waals surface area (Å²) < 4.78 is 1.61. The van der Waals surface area contributed by atoms with E-state index >= 15 is 0 Å². The Morgan fingerprint density at radius 2 is 1.75 bits per heavy atom. The van der Waals surface area contributed by atoms with Crippen molar-refractivity contribution < 1.29 is 0 Å². The van der Waals surface area contributed by atoms with E-state index in [2.05, 4.69) is 39.6 Å². The number of hydrogen-bond donors (Lipinski definition) is 1. The second-order valence-electron chi connectivity index (χ2n) is 9.37. The Bertz CT molecular complexity index is 1070. The van der Waals surface area contributed by atoms with Crippen molar-refractivity contribution >= 4 is 23.2 Å². The summed E-state index contributed by atoms with van der Waals surface area (Å²) in [6, 6.07) is 8.56. The van der Waals surface area contributed by atoms with Crippen LogP contribution in [-0.2, 0) is 10.8 Å². The van der Waals surface area contributed by atoms with Crippen LogP contribution in [0, 0.1) is 18.8 Å². The molecule has 6 nitrogen and oxygen atoms in total. The zero-order valence-electron chi connectivity index (χ0n) is 15.9. The van der Waals surface area contributed by atoms with Crippen molar-refractivity contribution in [3.63, 3.8) is 0 Å². The first-order valence-corrected chi connectivity index (χ1v) is 10.5. The van der Waals surface area contributed by atoms with Gasteiger partial charge in [-0.15, -0.1) is 5.10 Å². The van der Waals surface area contributed by atoms with Crippen molar-refractivity contribution in [1.82, 2.24) is 25.0 Å². The van der Waals surface area contributed by atoms with Crippen LogP contribution in [0.4, 0.5) is 5.95 Å². The van der Waals surface area contributed by atoms with E-state index in [9.17, 15) is 0 Å². The molecule has 28 heavy (non-hydrogen) atoms. The van der Waals surface area contributed by atoms with Gasteiger partial charge in [-0.2, -0.15) is 4.52 Å². The van der Waals surface area contributed by atoms with Crippen molar-refractivity contribution in [2.75, 3.05) is 5.73 Å². The molecule has 4 fully saturated rings. The van der Waals surface area contributed by atoms with Crippen molar-refractivity contribution in [3.05, 3.63) is 46.1 Å². The highest BCUT2D eigenvalue weighted by molar-refractivity contribution is 6.30. The average Bonchev–Trinajstić information content (AvgIpc) is 3.10. The summed E-state index contributed by atoms with van der Waals surface area (Å²) in [6.07, 6.45) is 7.43. The minimum atomic E-state index is 0.0739. The molecule has 4 bridgehead atoms. The quantitative estimate of drug-likeness (QED) is 0.713. The summed E-state index contributed by atoms with van der Waals surface area (Å²) in [5, 5.41) is 13.2. The number of rotatable bonds is 2. The monoisotopic (exact) mass is 394 g/mol. The standard InChI is InChI=1S/C21H23ClN6/c1-12-17(18-25-26-27-28(18)19(23)24-12)21-9-13-6-14(10-21)8-20(7-13,11-21)15-2-4-16(22)5-3-15/h2-5,13-14H,6-11H2,1H3,(H2,23,24). The first-order valence-electron chi connectivity index (χ1n) is 10.1. The van der Waals surface area contributed by atoms with Gasteiger partial charge in [0.15, 0.2) is 5.65 Å². The van der Waals surface area contributed by atoms with Crippen LogP contribution in [0.25, 0.3) is 5.65 Å². The number of nitrogens with zero attached hydrogens (tertiary/aromatic N) is 5. The van der Waals surface area contributed by atoms with Crippen LogP contribution < -0.4 is 5.73 Å². The van der Waals surface area contributed by atoms with E-state index in [4.69, 9.17) is 17.3 Å². The lowest BCUT2D eigenvalue weighted by molar-refractivity contribution is -0.0281. The summed E-state index contributed by atoms with van der Waals surface area (Å²) in [5.41, 5.74) is 10.8. The highest BCUT2D eigenvalue weighted by Gasteiger charge is 2.59. The molecular formula is C21H23ClN6. The fourth-order valence-electron chi connectivity index (χ4n) is 7.25. The summed E-state index contributed by atoms with van der Waals surface area (Å²) in [7, 11) is 0. The average molecular weight is 395 g/mol. The number of nitrogens with two attached hydrogens (primary N) is 1. The highest BCUT2D eigenvalue weighted by atomic mass is 35.5. The maximum absolute atomic E-state index is 6.19. The molecule has 2 atom stereocenters. The van der Waals surface area contributed by atoms with Crippen LogP contribution in [-0.4, -0.2) is 25.0 Å². The molecule has 1 aromatic carbocycles. The van der Waals surface area contributed by atoms with Gasteiger partial charge in [0, 0.05) is 21.7 Å². The van der Waals surface area contributed by atoms with Crippen molar-refractivity contribution in [2.24, 2.45) is 11.8 Å². The molecule has 2 aromatic heterocycles. The lowest BCUT2D eigenvalue weighted by Crippen LogP contribution is -2.56. The van der Waals surface area contributed by atoms with E-state index < -0.39 is 0 Å². The molecule has 7 heteroatoms. The van der Waals surface area contributed by atoms with Gasteiger partial charge in [0.2, 0.25) is 5.95 Å². The van der Waals surface area contributed by atoms with E-state index in [0.29, 0.717) is 5.95 Å². The first kappa shape index (κ1) is 16.7. The molecule has 0 radical (unpaired) electrons. The second-order valence-corrected chi connectivity index (χ2v) is 9.81. The van der Waals surface area contributed by atoms with E-state index in [1.807, 2.05) is 12.1 Å². The Kier molecular flexibility index (Phi) is 3.25. The molecule has 4 saturated carbocycles. The molecule has 0 aliphatic heterocycles. The number of benzene rings is 1. The largest absolute Gasteiger partial charge is 0.368 e. The lowest BCUT2D eigenvalue weighted by atomic mass is 9.41. The SMILES string of the molecule is Cc1nc(N)n2nnnc2c1C12CC3CC(CC(c4ccc(Cl)cc4)(C3)C1)C2. The fourth-order valence-corrected chi connectivity index (χ4v) is 7.38. The predicted molar refractivity (Wildman–Crippen MR) is 107 cm³/mol. The number of anilines is 1. The zero-order valence-corrected chi connectivity index (χ0v) is 16.7. The number of fused-ring (bicyclic) bond motifs is 1. The van der Waals surface area contributed by atoms with Gasteiger partial charge in [0.05, 0.1) is 0 Å². The number of hydrogen-bond acceptors (Lipinski definition) is 5. The number of aromatic nitrogens is 5. The number of tetrazole rings is 1. The summed E-state index contributed by atoms with van der Waals surface area (Å²) in [5.74, 6) is 1.84. The molecule has 2 heterocycles. The molecule has 7 rings (SSSR count). The molecule has 4 aliphatic carbocycles. The van der Waals surface area contributed by atoms with Crippen LogP contribution in [0.2, 0.25) is 5.02 Å². The molecule has 0 amide bonds. The van der Waals surface area contributed by atoms with Crippen LogP contribution in [0.15, 0.2) is 24.3 Å². The molecule has 0 saturated heterocycles. The molecular weight excluding hydrogens is 372 g/mol. The van der Waals surface area contributed by atoms with Gasteiger partial charge in [-0.05, 0) is 90.8 Å². The van der Waals surface area contributed by atoms with Crippen LogP contribution in [0.5, 0.6) is 0 Å². The highest BCUT2D eigenvalue weighted by Crippen LogP contribution is 2.66. The zero-order chi connectivity index (χ0) is 19.1. The maximum atomic E-state index is 6.19. The van der Waals surface area contributed by atoms with E-state index in [1.165, 1.54) is 43.2 Å². The van der Waals surface area contributed by atoms with Gasteiger partial charge in [-0.25, -0.2) is 4.98 Å². The van der Waals surface area contributed by atoms with Gasteiger partial charge in [0.25, 0.3) is 0 Å². The number of nitrogen functional groups attached to an aromatic ring is 1. The topological polar surface area (TPSA) is 82.0 Å². The number of aryl methyl sites for hydroxylation is 1. The Hall–Kier alpha value is -2.21. The third-order valence-corrected chi connectivity index (χ3v) is 7.85. The van der Waals surface area contributed by atoms with Crippen LogP contribution >= 0.6 is 11.6 Å². The smallest absolute Gasteiger partial charge is 0.225 e. The minimum absolute atomic E-state index is 0.0739. The Balaban J connectivity index is 1.55. The van der Waals surface area contributed by atoms with Crippen LogP contribution in [0.3, 0.4) is 0 Å². The lowest BCUT2D eigenvalue weighted by Gasteiger charge is -2.62.